The van der Waals surface area contributed by atoms with Gasteiger partial charge >= 0.3 is 0 Å². The van der Waals surface area contributed by atoms with Gasteiger partial charge in [0.15, 0.2) is 0 Å². The van der Waals surface area contributed by atoms with Gasteiger partial charge in [-0.05, 0) is 25.7 Å². The van der Waals surface area contributed by atoms with E-state index in [0.29, 0.717) is 24.4 Å². The molecule has 2 aliphatic rings. The molecule has 1 aromatic heterocycles. The van der Waals surface area contributed by atoms with Crippen molar-refractivity contribution >= 4 is 11.8 Å². The molecule has 3 rings (SSSR count). The Balaban J connectivity index is 1.70. The van der Waals surface area contributed by atoms with Crippen LogP contribution in [0.25, 0.3) is 0 Å². The number of fused-ring (bicyclic) bond motifs is 1. The van der Waals surface area contributed by atoms with Gasteiger partial charge in [-0.3, -0.25) is 14.7 Å². The molecule has 0 radical (unpaired) electrons. The number of amides is 2. The lowest BCUT2D eigenvalue weighted by molar-refractivity contribution is -0.125. The highest BCUT2D eigenvalue weighted by Crippen LogP contribution is 2.26. The van der Waals surface area contributed by atoms with Gasteiger partial charge in [-0.25, -0.2) is 0 Å². The van der Waals surface area contributed by atoms with Gasteiger partial charge in [-0.2, -0.15) is 5.10 Å². The number of carbonyl (C=O) groups is 2. The molecule has 102 valence electrons. The minimum atomic E-state index is 0.0431. The quantitative estimate of drug-likeness (QED) is 0.771. The van der Waals surface area contributed by atoms with Crippen molar-refractivity contribution in [2.24, 2.45) is 5.92 Å². The third kappa shape index (κ3) is 2.22. The van der Waals surface area contributed by atoms with Gasteiger partial charge in [0.1, 0.15) is 0 Å². The molecule has 0 aliphatic carbocycles. The highest BCUT2D eigenvalue weighted by atomic mass is 16.2. The van der Waals surface area contributed by atoms with E-state index in [1.54, 1.807) is 6.20 Å². The molecule has 0 spiro atoms. The normalized spacial score (nSPS) is 26.8. The molecule has 2 unspecified atom stereocenters. The van der Waals surface area contributed by atoms with Gasteiger partial charge in [0, 0.05) is 31.2 Å². The highest BCUT2D eigenvalue weighted by Gasteiger charge is 2.35. The minimum Gasteiger partial charge on any atom is -0.353 e. The Labute approximate surface area is 111 Å². The molecule has 2 aliphatic heterocycles. The molecule has 2 atom stereocenters. The number of nitrogens with one attached hydrogen (secondary N) is 2. The Morgan fingerprint density at radius 3 is 3.05 bits per heavy atom. The molecule has 0 aromatic carbocycles. The second-order valence-electron chi connectivity index (χ2n) is 5.42. The lowest BCUT2D eigenvalue weighted by Gasteiger charge is -2.41. The zero-order chi connectivity index (χ0) is 13.4. The zero-order valence-corrected chi connectivity index (χ0v) is 11.0. The van der Waals surface area contributed by atoms with E-state index in [-0.39, 0.29) is 17.9 Å². The topological polar surface area (TPSA) is 78.1 Å². The minimum absolute atomic E-state index is 0.0431. The monoisotopic (exact) mass is 262 g/mol. The summed E-state index contributed by atoms with van der Waals surface area (Å²) in [5, 5.41) is 9.72. The predicted octanol–water partition coefficient (Wildman–Crippen LogP) is 0.459. The van der Waals surface area contributed by atoms with E-state index in [0.717, 1.165) is 25.1 Å². The summed E-state index contributed by atoms with van der Waals surface area (Å²) in [5.74, 6) is 0.580. The fraction of sp³-hybridized carbons (Fsp3) is 0.615. The average Bonchev–Trinajstić information content (AvgIpc) is 2.83. The average molecular weight is 262 g/mol. The fourth-order valence-electron chi connectivity index (χ4n) is 3.03. The van der Waals surface area contributed by atoms with E-state index in [1.165, 1.54) is 0 Å². The number of carbonyl (C=O) groups excluding carboxylic acids is 2. The Morgan fingerprint density at radius 2 is 2.32 bits per heavy atom. The van der Waals surface area contributed by atoms with Crippen LogP contribution in [0.3, 0.4) is 0 Å². The third-order valence-corrected chi connectivity index (χ3v) is 4.17. The van der Waals surface area contributed by atoms with Crippen LogP contribution < -0.4 is 5.32 Å². The summed E-state index contributed by atoms with van der Waals surface area (Å²) in [4.78, 5) is 25.6. The Kier molecular flexibility index (Phi) is 3.00. The number of aromatic nitrogens is 2. The standard InChI is InChI=1S/C13H18N4O2/c1-8-10(6-14-16-8)13(19)17-5-4-11-9(7-17)2-3-12(18)15-11/h6,9,11H,2-5,7H2,1H3,(H,14,16)(H,15,18). The molecule has 0 saturated carbocycles. The Bertz CT molecular complexity index is 510. The van der Waals surface area contributed by atoms with Crippen molar-refractivity contribution in [2.45, 2.75) is 32.2 Å². The van der Waals surface area contributed by atoms with E-state index in [4.69, 9.17) is 0 Å². The second kappa shape index (κ2) is 4.68. The van der Waals surface area contributed by atoms with Crippen molar-refractivity contribution in [1.29, 1.82) is 0 Å². The molecule has 2 saturated heterocycles. The molecule has 3 heterocycles. The van der Waals surface area contributed by atoms with Crippen LogP contribution in [-0.4, -0.2) is 46.0 Å². The number of piperidine rings is 2. The van der Waals surface area contributed by atoms with Gasteiger partial charge in [-0.15, -0.1) is 0 Å². The maximum Gasteiger partial charge on any atom is 0.257 e. The smallest absolute Gasteiger partial charge is 0.257 e. The zero-order valence-electron chi connectivity index (χ0n) is 11.0. The predicted molar refractivity (Wildman–Crippen MR) is 68.5 cm³/mol. The summed E-state index contributed by atoms with van der Waals surface area (Å²) >= 11 is 0. The number of likely N-dealkylation sites (tertiary alicyclic amines) is 1. The van der Waals surface area contributed by atoms with E-state index in [1.807, 2.05) is 11.8 Å². The first-order valence-corrected chi connectivity index (χ1v) is 6.74. The number of aryl methyl sites for hydroxylation is 1. The van der Waals surface area contributed by atoms with Crippen molar-refractivity contribution in [3.05, 3.63) is 17.5 Å². The van der Waals surface area contributed by atoms with Crippen LogP contribution in [-0.2, 0) is 4.79 Å². The molecule has 6 nitrogen and oxygen atoms in total. The van der Waals surface area contributed by atoms with Crippen molar-refractivity contribution in [3.63, 3.8) is 0 Å². The molecule has 2 fully saturated rings. The first-order chi connectivity index (χ1) is 9.15. The van der Waals surface area contributed by atoms with Crippen molar-refractivity contribution in [1.82, 2.24) is 20.4 Å². The van der Waals surface area contributed by atoms with Crippen LogP contribution in [0.15, 0.2) is 6.20 Å². The van der Waals surface area contributed by atoms with Gasteiger partial charge in [0.25, 0.3) is 5.91 Å². The van der Waals surface area contributed by atoms with Crippen LogP contribution in [0.2, 0.25) is 0 Å². The van der Waals surface area contributed by atoms with Gasteiger partial charge in [0.2, 0.25) is 5.91 Å². The van der Waals surface area contributed by atoms with Crippen LogP contribution in [0.1, 0.15) is 35.3 Å². The summed E-state index contributed by atoms with van der Waals surface area (Å²) in [7, 11) is 0. The molecule has 0 bridgehead atoms. The van der Waals surface area contributed by atoms with E-state index >= 15 is 0 Å². The number of nitrogens with zero attached hydrogens (tertiary/aromatic N) is 2. The number of hydrogen-bond acceptors (Lipinski definition) is 3. The largest absolute Gasteiger partial charge is 0.353 e. The first-order valence-electron chi connectivity index (χ1n) is 6.74. The summed E-state index contributed by atoms with van der Waals surface area (Å²) in [5.41, 5.74) is 1.46. The number of aromatic amines is 1. The molecule has 19 heavy (non-hydrogen) atoms. The maximum absolute atomic E-state index is 12.4. The van der Waals surface area contributed by atoms with Crippen molar-refractivity contribution < 1.29 is 9.59 Å². The molecule has 2 N–H and O–H groups in total. The summed E-state index contributed by atoms with van der Waals surface area (Å²) < 4.78 is 0. The Hall–Kier alpha value is -1.85. The fourth-order valence-corrected chi connectivity index (χ4v) is 3.03. The van der Waals surface area contributed by atoms with Crippen LogP contribution >= 0.6 is 0 Å². The van der Waals surface area contributed by atoms with Gasteiger partial charge in [-0.1, -0.05) is 0 Å². The molecule has 6 heteroatoms. The van der Waals surface area contributed by atoms with E-state index in [9.17, 15) is 9.59 Å². The lowest BCUT2D eigenvalue weighted by atomic mass is 9.85. The summed E-state index contributed by atoms with van der Waals surface area (Å²) in [6.45, 7) is 3.28. The molecule has 2 amide bonds. The van der Waals surface area contributed by atoms with E-state index < -0.39 is 0 Å². The maximum atomic E-state index is 12.4. The van der Waals surface area contributed by atoms with Crippen LogP contribution in [0, 0.1) is 12.8 Å². The molecular formula is C13H18N4O2. The number of rotatable bonds is 1. The summed E-state index contributed by atoms with van der Waals surface area (Å²) in [6, 6.07) is 0.246. The number of H-pyrrole nitrogens is 1. The third-order valence-electron chi connectivity index (χ3n) is 4.17. The second-order valence-corrected chi connectivity index (χ2v) is 5.42. The van der Waals surface area contributed by atoms with Gasteiger partial charge < -0.3 is 10.2 Å². The van der Waals surface area contributed by atoms with Crippen molar-refractivity contribution in [2.75, 3.05) is 13.1 Å². The SMILES string of the molecule is Cc1[nH]ncc1C(=O)N1CCC2NC(=O)CCC2C1. The van der Waals surface area contributed by atoms with Crippen LogP contribution in [0.5, 0.6) is 0 Å². The van der Waals surface area contributed by atoms with E-state index in [2.05, 4.69) is 15.5 Å². The van der Waals surface area contributed by atoms with Crippen LogP contribution in [0.4, 0.5) is 0 Å². The summed E-state index contributed by atoms with van der Waals surface area (Å²) in [6.07, 6.45) is 3.89. The highest BCUT2D eigenvalue weighted by molar-refractivity contribution is 5.95. The van der Waals surface area contributed by atoms with Gasteiger partial charge in [0.05, 0.1) is 11.8 Å². The lowest BCUT2D eigenvalue weighted by Crippen LogP contribution is -2.55. The first kappa shape index (κ1) is 12.2. The molecular weight excluding hydrogens is 244 g/mol. The number of hydrogen-bond donors (Lipinski definition) is 2. The Morgan fingerprint density at radius 1 is 1.47 bits per heavy atom. The van der Waals surface area contributed by atoms with Crippen molar-refractivity contribution in [3.8, 4) is 0 Å². The molecule has 1 aromatic rings.